The van der Waals surface area contributed by atoms with Gasteiger partial charge in [-0.1, -0.05) is 37.3 Å². The van der Waals surface area contributed by atoms with E-state index in [0.29, 0.717) is 0 Å². The molecule has 3 nitrogen and oxygen atoms in total. The van der Waals surface area contributed by atoms with Crippen molar-refractivity contribution >= 4 is 0 Å². The summed E-state index contributed by atoms with van der Waals surface area (Å²) in [5.74, 6) is 2.85. The van der Waals surface area contributed by atoms with Crippen molar-refractivity contribution in [3.8, 4) is 0 Å². The molecule has 0 saturated heterocycles. The molecule has 0 radical (unpaired) electrons. The van der Waals surface area contributed by atoms with Gasteiger partial charge in [0.15, 0.2) is 5.82 Å². The van der Waals surface area contributed by atoms with Gasteiger partial charge in [-0.25, -0.2) is 9.67 Å². The van der Waals surface area contributed by atoms with E-state index in [4.69, 9.17) is 0 Å². The predicted molar refractivity (Wildman–Crippen MR) is 66.8 cm³/mol. The summed E-state index contributed by atoms with van der Waals surface area (Å²) in [5, 5.41) is 4.60. The van der Waals surface area contributed by atoms with Crippen LogP contribution in [0.2, 0.25) is 0 Å². The van der Waals surface area contributed by atoms with Gasteiger partial charge in [-0.05, 0) is 17.9 Å². The average Bonchev–Trinajstić information content (AvgIpc) is 2.71. The zero-order valence-electron chi connectivity index (χ0n) is 10.1. The fraction of sp³-hybridized carbons (Fsp3) is 0.429. The Morgan fingerprint density at radius 1 is 1.29 bits per heavy atom. The van der Waals surface area contributed by atoms with Crippen LogP contribution in [0.3, 0.4) is 0 Å². The summed E-state index contributed by atoms with van der Waals surface area (Å²) in [7, 11) is 0. The summed E-state index contributed by atoms with van der Waals surface area (Å²) in [6, 6.07) is 10.4. The van der Waals surface area contributed by atoms with E-state index in [0.717, 1.165) is 37.0 Å². The van der Waals surface area contributed by atoms with Gasteiger partial charge in [-0.3, -0.25) is 0 Å². The van der Waals surface area contributed by atoms with Gasteiger partial charge < -0.3 is 0 Å². The lowest BCUT2D eigenvalue weighted by Crippen LogP contribution is -2.18. The maximum absolute atomic E-state index is 4.63. The van der Waals surface area contributed by atoms with Crippen LogP contribution >= 0.6 is 0 Å². The molecular weight excluding hydrogens is 210 g/mol. The lowest BCUT2D eigenvalue weighted by atomic mass is 10.0. The van der Waals surface area contributed by atoms with E-state index in [2.05, 4.69) is 46.0 Å². The molecule has 3 rings (SSSR count). The van der Waals surface area contributed by atoms with E-state index in [9.17, 15) is 0 Å². The predicted octanol–water partition coefficient (Wildman–Crippen LogP) is 2.45. The third kappa shape index (κ3) is 2.23. The molecule has 2 heterocycles. The number of benzene rings is 1. The van der Waals surface area contributed by atoms with Crippen LogP contribution in [0.4, 0.5) is 0 Å². The zero-order valence-corrected chi connectivity index (χ0v) is 10.1. The van der Waals surface area contributed by atoms with Gasteiger partial charge in [-0.15, -0.1) is 0 Å². The van der Waals surface area contributed by atoms with Crippen molar-refractivity contribution in [2.75, 3.05) is 0 Å². The average molecular weight is 227 g/mol. The molecule has 2 aromatic rings. The quantitative estimate of drug-likeness (QED) is 0.789. The van der Waals surface area contributed by atoms with Crippen molar-refractivity contribution in [3.05, 3.63) is 47.5 Å². The maximum Gasteiger partial charge on any atom is 0.155 e. The Labute approximate surface area is 101 Å². The molecule has 1 aromatic carbocycles. The second-order valence-electron chi connectivity index (χ2n) is 4.93. The van der Waals surface area contributed by atoms with E-state index in [-0.39, 0.29) is 0 Å². The molecular formula is C14H17N3. The van der Waals surface area contributed by atoms with Crippen LogP contribution in [0.1, 0.15) is 30.6 Å². The van der Waals surface area contributed by atoms with Crippen LogP contribution in [-0.2, 0) is 19.4 Å². The SMILES string of the molecule is CC1CCc2nc(Cc3ccccc3)nn2C1. The van der Waals surface area contributed by atoms with Crippen molar-refractivity contribution in [2.24, 2.45) is 5.92 Å². The van der Waals surface area contributed by atoms with Gasteiger partial charge in [0.2, 0.25) is 0 Å². The second-order valence-corrected chi connectivity index (χ2v) is 4.93. The summed E-state index contributed by atoms with van der Waals surface area (Å²) < 4.78 is 2.09. The number of hydrogen-bond acceptors (Lipinski definition) is 2. The van der Waals surface area contributed by atoms with E-state index in [1.54, 1.807) is 0 Å². The molecule has 1 atom stereocenters. The van der Waals surface area contributed by atoms with Gasteiger partial charge in [0.05, 0.1) is 0 Å². The molecule has 1 aromatic heterocycles. The number of hydrogen-bond donors (Lipinski definition) is 0. The summed E-state index contributed by atoms with van der Waals surface area (Å²) in [5.41, 5.74) is 1.28. The van der Waals surface area contributed by atoms with E-state index < -0.39 is 0 Å². The molecule has 1 aliphatic heterocycles. The molecule has 3 heteroatoms. The third-order valence-electron chi connectivity index (χ3n) is 3.34. The Kier molecular flexibility index (Phi) is 2.67. The van der Waals surface area contributed by atoms with Gasteiger partial charge >= 0.3 is 0 Å². The van der Waals surface area contributed by atoms with E-state index in [1.807, 2.05) is 6.07 Å². The Morgan fingerprint density at radius 3 is 2.94 bits per heavy atom. The van der Waals surface area contributed by atoms with Crippen LogP contribution in [0, 0.1) is 5.92 Å². The van der Waals surface area contributed by atoms with Gasteiger partial charge in [0.25, 0.3) is 0 Å². The molecule has 0 amide bonds. The number of aryl methyl sites for hydroxylation is 1. The summed E-state index contributed by atoms with van der Waals surface area (Å²) in [4.78, 5) is 4.63. The minimum Gasteiger partial charge on any atom is -0.250 e. The summed E-state index contributed by atoms with van der Waals surface area (Å²) in [6.45, 7) is 3.30. The highest BCUT2D eigenvalue weighted by molar-refractivity contribution is 5.18. The number of fused-ring (bicyclic) bond motifs is 1. The molecule has 1 aliphatic rings. The van der Waals surface area contributed by atoms with Gasteiger partial charge in [0.1, 0.15) is 5.82 Å². The van der Waals surface area contributed by atoms with Crippen LogP contribution in [-0.4, -0.2) is 14.8 Å². The highest BCUT2D eigenvalue weighted by Gasteiger charge is 2.18. The second kappa shape index (κ2) is 4.32. The zero-order chi connectivity index (χ0) is 11.7. The fourth-order valence-electron chi connectivity index (χ4n) is 2.37. The van der Waals surface area contributed by atoms with Crippen LogP contribution in [0.5, 0.6) is 0 Å². The molecule has 17 heavy (non-hydrogen) atoms. The fourth-order valence-corrected chi connectivity index (χ4v) is 2.37. The number of aromatic nitrogens is 3. The van der Waals surface area contributed by atoms with Crippen molar-refractivity contribution in [2.45, 2.75) is 32.7 Å². The molecule has 0 fully saturated rings. The van der Waals surface area contributed by atoms with Crippen molar-refractivity contribution in [3.63, 3.8) is 0 Å². The number of rotatable bonds is 2. The Hall–Kier alpha value is -1.64. The third-order valence-corrected chi connectivity index (χ3v) is 3.34. The largest absolute Gasteiger partial charge is 0.250 e. The minimum absolute atomic E-state index is 0.730. The first kappa shape index (κ1) is 10.5. The lowest BCUT2D eigenvalue weighted by Gasteiger charge is -2.17. The highest BCUT2D eigenvalue weighted by atomic mass is 15.4. The molecule has 0 N–H and O–H groups in total. The topological polar surface area (TPSA) is 30.7 Å². The normalized spacial score (nSPS) is 19.0. The molecule has 1 unspecified atom stereocenters. The van der Waals surface area contributed by atoms with Crippen molar-refractivity contribution in [1.82, 2.24) is 14.8 Å². The van der Waals surface area contributed by atoms with Crippen molar-refractivity contribution in [1.29, 1.82) is 0 Å². The molecule has 0 spiro atoms. The van der Waals surface area contributed by atoms with Crippen LogP contribution in [0.25, 0.3) is 0 Å². The molecule has 0 bridgehead atoms. The Morgan fingerprint density at radius 2 is 2.12 bits per heavy atom. The Balaban J connectivity index is 1.81. The number of nitrogens with zero attached hydrogens (tertiary/aromatic N) is 3. The first-order valence-electron chi connectivity index (χ1n) is 6.28. The first-order valence-corrected chi connectivity index (χ1v) is 6.28. The highest BCUT2D eigenvalue weighted by Crippen LogP contribution is 2.18. The minimum atomic E-state index is 0.730. The molecule has 88 valence electrons. The maximum atomic E-state index is 4.63. The van der Waals surface area contributed by atoms with E-state index in [1.165, 1.54) is 12.0 Å². The molecule has 0 aliphatic carbocycles. The van der Waals surface area contributed by atoms with E-state index >= 15 is 0 Å². The summed E-state index contributed by atoms with van der Waals surface area (Å²) in [6.07, 6.45) is 3.15. The summed E-state index contributed by atoms with van der Waals surface area (Å²) >= 11 is 0. The lowest BCUT2D eigenvalue weighted by molar-refractivity contribution is 0.367. The van der Waals surface area contributed by atoms with Gasteiger partial charge in [-0.2, -0.15) is 5.10 Å². The van der Waals surface area contributed by atoms with Crippen LogP contribution in [0.15, 0.2) is 30.3 Å². The monoisotopic (exact) mass is 227 g/mol. The smallest absolute Gasteiger partial charge is 0.155 e. The Bertz CT molecular complexity index is 501. The van der Waals surface area contributed by atoms with Crippen molar-refractivity contribution < 1.29 is 0 Å². The molecule has 0 saturated carbocycles. The van der Waals surface area contributed by atoms with Crippen LogP contribution < -0.4 is 0 Å². The van der Waals surface area contributed by atoms with Gasteiger partial charge in [0, 0.05) is 19.4 Å². The first-order chi connectivity index (χ1) is 8.31. The standard InChI is InChI=1S/C14H17N3/c1-11-7-8-14-15-13(16-17(14)10-11)9-12-5-3-2-4-6-12/h2-6,11H,7-10H2,1H3.